The van der Waals surface area contributed by atoms with Crippen molar-refractivity contribution in [3.8, 4) is 0 Å². The highest BCUT2D eigenvalue weighted by molar-refractivity contribution is 6.30. The number of halogens is 1. The van der Waals surface area contributed by atoms with E-state index in [9.17, 15) is 9.59 Å². The second kappa shape index (κ2) is 6.44. The Kier molecular flexibility index (Phi) is 4.62. The molecule has 2 amide bonds. The zero-order valence-electron chi connectivity index (χ0n) is 12.1. The van der Waals surface area contributed by atoms with Gasteiger partial charge < -0.3 is 10.6 Å². The lowest BCUT2D eigenvalue weighted by atomic mass is 10.1. The highest BCUT2D eigenvalue weighted by Gasteiger charge is 2.16. The second-order valence-electron chi connectivity index (χ2n) is 4.80. The number of nitrogen functional groups attached to an aromatic ring is 1. The average molecular weight is 319 g/mol. The number of aromatic nitrogens is 1. The predicted octanol–water partition coefficient (Wildman–Crippen LogP) is 1.95. The Labute approximate surface area is 132 Å². The number of carbonyl (C=O) groups is 2. The van der Waals surface area contributed by atoms with Gasteiger partial charge in [-0.1, -0.05) is 23.7 Å². The first-order chi connectivity index (χ1) is 10.4. The van der Waals surface area contributed by atoms with Crippen LogP contribution in [0.15, 0.2) is 36.4 Å². The molecule has 0 saturated carbocycles. The van der Waals surface area contributed by atoms with Crippen molar-refractivity contribution in [3.05, 3.63) is 52.7 Å². The summed E-state index contributed by atoms with van der Waals surface area (Å²) in [4.78, 5) is 30.1. The van der Waals surface area contributed by atoms with Crippen LogP contribution in [0.2, 0.25) is 5.15 Å². The second-order valence-corrected chi connectivity index (χ2v) is 5.19. The smallest absolute Gasteiger partial charge is 0.260 e. The van der Waals surface area contributed by atoms with Gasteiger partial charge in [0.1, 0.15) is 11.0 Å². The van der Waals surface area contributed by atoms with Gasteiger partial charge in [-0.25, -0.2) is 4.98 Å². The largest absolute Gasteiger partial charge is 0.398 e. The minimum atomic E-state index is -0.569. The number of carbonyl (C=O) groups excluding carboxylic acids is 2. The van der Waals surface area contributed by atoms with E-state index in [1.54, 1.807) is 49.3 Å². The van der Waals surface area contributed by atoms with E-state index in [2.05, 4.69) is 10.3 Å². The van der Waals surface area contributed by atoms with Crippen molar-refractivity contribution in [2.75, 3.05) is 24.7 Å². The van der Waals surface area contributed by atoms with Crippen molar-refractivity contribution in [2.45, 2.75) is 0 Å². The molecule has 0 fully saturated rings. The first-order valence-corrected chi connectivity index (χ1v) is 6.81. The minimum absolute atomic E-state index is 0.169. The van der Waals surface area contributed by atoms with E-state index < -0.39 is 11.8 Å². The Morgan fingerprint density at radius 2 is 1.86 bits per heavy atom. The SMILES string of the molecule is CN(C)c1cc(C(=O)NC(=O)c2ccccc2N)cc(Cl)n1. The van der Waals surface area contributed by atoms with Gasteiger partial charge in [-0.15, -0.1) is 0 Å². The van der Waals surface area contributed by atoms with E-state index in [1.165, 1.54) is 6.07 Å². The first kappa shape index (κ1) is 15.8. The molecule has 2 aromatic rings. The highest BCUT2D eigenvalue weighted by atomic mass is 35.5. The molecule has 0 radical (unpaired) electrons. The molecule has 0 aliphatic carbocycles. The van der Waals surface area contributed by atoms with Crippen molar-refractivity contribution < 1.29 is 9.59 Å². The number of imide groups is 1. The third-order valence-corrected chi connectivity index (χ3v) is 3.13. The number of pyridine rings is 1. The summed E-state index contributed by atoms with van der Waals surface area (Å²) in [5.74, 6) is -0.618. The molecule has 0 saturated heterocycles. The fraction of sp³-hybridized carbons (Fsp3) is 0.133. The Morgan fingerprint density at radius 1 is 1.18 bits per heavy atom. The van der Waals surface area contributed by atoms with Gasteiger partial charge in [-0.3, -0.25) is 14.9 Å². The van der Waals surface area contributed by atoms with Gasteiger partial charge in [-0.05, 0) is 24.3 Å². The summed E-state index contributed by atoms with van der Waals surface area (Å²) >= 11 is 5.89. The lowest BCUT2D eigenvalue weighted by Crippen LogP contribution is -2.31. The van der Waals surface area contributed by atoms with Crippen LogP contribution < -0.4 is 16.0 Å². The fourth-order valence-electron chi connectivity index (χ4n) is 1.79. The van der Waals surface area contributed by atoms with Gasteiger partial charge in [0.2, 0.25) is 0 Å². The summed E-state index contributed by atoms with van der Waals surface area (Å²) in [6.45, 7) is 0. The van der Waals surface area contributed by atoms with Gasteiger partial charge in [0.15, 0.2) is 0 Å². The summed E-state index contributed by atoms with van der Waals surface area (Å²) in [5, 5.41) is 2.45. The molecule has 3 N–H and O–H groups in total. The standard InChI is InChI=1S/C15H15ClN4O2/c1-20(2)13-8-9(7-12(16)18-13)14(21)19-15(22)10-5-3-4-6-11(10)17/h3-8H,17H2,1-2H3,(H,19,21,22). The van der Waals surface area contributed by atoms with Gasteiger partial charge in [0.05, 0.1) is 5.56 Å². The normalized spacial score (nSPS) is 10.1. The lowest BCUT2D eigenvalue weighted by Gasteiger charge is -2.13. The number of nitrogens with zero attached hydrogens (tertiary/aromatic N) is 2. The molecular weight excluding hydrogens is 304 g/mol. The van der Waals surface area contributed by atoms with Crippen molar-refractivity contribution in [3.63, 3.8) is 0 Å². The number of anilines is 2. The number of nitrogens with two attached hydrogens (primary N) is 1. The molecule has 0 spiro atoms. The van der Waals surface area contributed by atoms with Crippen LogP contribution in [-0.4, -0.2) is 30.9 Å². The van der Waals surface area contributed by atoms with Crippen LogP contribution in [-0.2, 0) is 0 Å². The zero-order valence-corrected chi connectivity index (χ0v) is 12.9. The van der Waals surface area contributed by atoms with Crippen LogP contribution in [0, 0.1) is 0 Å². The van der Waals surface area contributed by atoms with Crippen LogP contribution >= 0.6 is 11.6 Å². The number of hydrogen-bond donors (Lipinski definition) is 2. The van der Waals surface area contributed by atoms with Crippen LogP contribution in [0.4, 0.5) is 11.5 Å². The van der Waals surface area contributed by atoms with Crippen LogP contribution in [0.1, 0.15) is 20.7 Å². The molecule has 22 heavy (non-hydrogen) atoms. The minimum Gasteiger partial charge on any atom is -0.398 e. The first-order valence-electron chi connectivity index (χ1n) is 6.43. The Bertz CT molecular complexity index is 731. The molecule has 0 aliphatic heterocycles. The van der Waals surface area contributed by atoms with E-state index in [0.717, 1.165) is 0 Å². The average Bonchev–Trinajstić information content (AvgIpc) is 2.46. The fourth-order valence-corrected chi connectivity index (χ4v) is 1.99. The molecule has 6 nitrogen and oxygen atoms in total. The van der Waals surface area contributed by atoms with E-state index in [4.69, 9.17) is 17.3 Å². The third-order valence-electron chi connectivity index (χ3n) is 2.93. The molecule has 114 valence electrons. The van der Waals surface area contributed by atoms with Gasteiger partial charge in [0.25, 0.3) is 11.8 Å². The number of nitrogens with one attached hydrogen (secondary N) is 1. The molecule has 0 aliphatic rings. The van der Waals surface area contributed by atoms with E-state index >= 15 is 0 Å². The molecule has 0 bridgehead atoms. The van der Waals surface area contributed by atoms with Gasteiger partial charge in [-0.2, -0.15) is 0 Å². The molecule has 1 heterocycles. The summed E-state index contributed by atoms with van der Waals surface area (Å²) in [7, 11) is 3.55. The summed E-state index contributed by atoms with van der Waals surface area (Å²) in [6.07, 6.45) is 0. The molecule has 1 aromatic carbocycles. The quantitative estimate of drug-likeness (QED) is 0.513. The van der Waals surface area contributed by atoms with Crippen molar-refractivity contribution in [1.29, 1.82) is 0 Å². The summed E-state index contributed by atoms with van der Waals surface area (Å²) < 4.78 is 0. The molecule has 0 unspecified atom stereocenters. The van der Waals surface area contributed by atoms with Crippen molar-refractivity contribution >= 4 is 34.9 Å². The number of amides is 2. The summed E-state index contributed by atoms with van der Waals surface area (Å²) in [5.41, 5.74) is 6.50. The molecular formula is C15H15ClN4O2. The topological polar surface area (TPSA) is 88.3 Å². The molecule has 1 aromatic heterocycles. The Balaban J connectivity index is 2.23. The number of hydrogen-bond acceptors (Lipinski definition) is 5. The van der Waals surface area contributed by atoms with Gasteiger partial charge in [0, 0.05) is 25.3 Å². The van der Waals surface area contributed by atoms with Crippen molar-refractivity contribution in [1.82, 2.24) is 10.3 Å². The zero-order chi connectivity index (χ0) is 16.3. The molecule has 2 rings (SSSR count). The maximum Gasteiger partial charge on any atom is 0.260 e. The van der Waals surface area contributed by atoms with E-state index in [-0.39, 0.29) is 16.3 Å². The van der Waals surface area contributed by atoms with Crippen LogP contribution in [0.25, 0.3) is 0 Å². The Morgan fingerprint density at radius 3 is 2.50 bits per heavy atom. The number of para-hydroxylation sites is 1. The highest BCUT2D eigenvalue weighted by Crippen LogP contribution is 2.17. The molecule has 7 heteroatoms. The molecule has 0 atom stereocenters. The maximum atomic E-state index is 12.2. The lowest BCUT2D eigenvalue weighted by molar-refractivity contribution is 0.0850. The summed E-state index contributed by atoms with van der Waals surface area (Å²) in [6, 6.07) is 9.45. The van der Waals surface area contributed by atoms with Crippen molar-refractivity contribution in [2.24, 2.45) is 0 Å². The maximum absolute atomic E-state index is 12.2. The number of benzene rings is 1. The monoisotopic (exact) mass is 318 g/mol. The predicted molar refractivity (Wildman–Crippen MR) is 86.2 cm³/mol. The van der Waals surface area contributed by atoms with Crippen LogP contribution in [0.3, 0.4) is 0 Å². The van der Waals surface area contributed by atoms with E-state index in [1.807, 2.05) is 0 Å². The Hall–Kier alpha value is -2.60. The third kappa shape index (κ3) is 3.53. The van der Waals surface area contributed by atoms with E-state index in [0.29, 0.717) is 11.5 Å². The van der Waals surface area contributed by atoms with Gasteiger partial charge >= 0.3 is 0 Å². The number of rotatable bonds is 3. The van der Waals surface area contributed by atoms with Crippen LogP contribution in [0.5, 0.6) is 0 Å².